The average molecular weight is 251 g/mol. The number of nitrogens with zero attached hydrogens (tertiary/aromatic N) is 1. The van der Waals surface area contributed by atoms with Gasteiger partial charge in [0.25, 0.3) is 0 Å². The summed E-state index contributed by atoms with van der Waals surface area (Å²) in [5.74, 6) is 1.28. The van der Waals surface area contributed by atoms with Crippen LogP contribution in [-0.4, -0.2) is 30.3 Å². The van der Waals surface area contributed by atoms with Crippen molar-refractivity contribution in [1.82, 2.24) is 4.90 Å². The van der Waals surface area contributed by atoms with Gasteiger partial charge in [-0.25, -0.2) is 0 Å². The minimum absolute atomic E-state index is 0.508. The van der Waals surface area contributed by atoms with Crippen molar-refractivity contribution >= 4 is 5.78 Å². The number of carbonyl (C=O) groups is 1. The van der Waals surface area contributed by atoms with Crippen LogP contribution in [0.3, 0.4) is 0 Å². The van der Waals surface area contributed by atoms with E-state index in [1.165, 1.54) is 57.9 Å². The molecule has 104 valence electrons. The van der Waals surface area contributed by atoms with Crippen molar-refractivity contribution < 1.29 is 4.79 Å². The first-order chi connectivity index (χ1) is 8.77. The topological polar surface area (TPSA) is 20.3 Å². The molecule has 0 N–H and O–H groups in total. The first kappa shape index (κ1) is 14.0. The van der Waals surface area contributed by atoms with Gasteiger partial charge in [-0.1, -0.05) is 32.1 Å². The van der Waals surface area contributed by atoms with Crippen molar-refractivity contribution in [3.8, 4) is 0 Å². The van der Waals surface area contributed by atoms with Gasteiger partial charge in [-0.05, 0) is 45.2 Å². The van der Waals surface area contributed by atoms with Crippen LogP contribution in [0.15, 0.2) is 0 Å². The lowest BCUT2D eigenvalue weighted by atomic mass is 9.82. The van der Waals surface area contributed by atoms with Crippen LogP contribution in [0.5, 0.6) is 0 Å². The van der Waals surface area contributed by atoms with Gasteiger partial charge in [0.1, 0.15) is 5.78 Å². The van der Waals surface area contributed by atoms with Crippen LogP contribution in [0.25, 0.3) is 0 Å². The Bertz CT molecular complexity index is 256. The second-order valence-corrected chi connectivity index (χ2v) is 6.35. The maximum atomic E-state index is 12.0. The molecule has 18 heavy (non-hydrogen) atoms. The molecule has 1 aliphatic heterocycles. The largest absolute Gasteiger partial charge is 0.303 e. The van der Waals surface area contributed by atoms with E-state index in [9.17, 15) is 4.79 Å². The maximum absolute atomic E-state index is 12.0. The van der Waals surface area contributed by atoms with Crippen LogP contribution in [0, 0.1) is 5.92 Å². The van der Waals surface area contributed by atoms with E-state index in [0.717, 1.165) is 25.2 Å². The van der Waals surface area contributed by atoms with Crippen LogP contribution in [-0.2, 0) is 4.79 Å². The smallest absolute Gasteiger partial charge is 0.134 e. The molecule has 1 atom stereocenters. The molecule has 2 heteroatoms. The maximum Gasteiger partial charge on any atom is 0.134 e. The van der Waals surface area contributed by atoms with Gasteiger partial charge >= 0.3 is 0 Å². The average Bonchev–Trinajstić information content (AvgIpc) is 2.30. The fraction of sp³-hybridized carbons (Fsp3) is 0.938. The van der Waals surface area contributed by atoms with E-state index in [-0.39, 0.29) is 0 Å². The fourth-order valence-corrected chi connectivity index (χ4v) is 3.74. The zero-order chi connectivity index (χ0) is 12.8. The minimum atomic E-state index is 0.508. The lowest BCUT2D eigenvalue weighted by molar-refractivity contribution is -0.121. The number of carbonyl (C=O) groups excluding carboxylic acids is 1. The predicted molar refractivity (Wildman–Crippen MR) is 75.7 cm³/mol. The molecule has 0 spiro atoms. The SMILES string of the molecule is CN1CCCCC(=O)CC1C1CCCCCCC1. The summed E-state index contributed by atoms with van der Waals surface area (Å²) in [5, 5.41) is 0. The van der Waals surface area contributed by atoms with Crippen LogP contribution < -0.4 is 0 Å². The Morgan fingerprint density at radius 1 is 0.944 bits per heavy atom. The summed E-state index contributed by atoms with van der Waals surface area (Å²) in [7, 11) is 2.24. The molecule has 2 rings (SSSR count). The van der Waals surface area contributed by atoms with Gasteiger partial charge in [-0.3, -0.25) is 4.79 Å². The van der Waals surface area contributed by atoms with Crippen molar-refractivity contribution in [1.29, 1.82) is 0 Å². The molecule has 0 aromatic carbocycles. The number of rotatable bonds is 1. The summed E-state index contributed by atoms with van der Waals surface area (Å²) in [6, 6.07) is 0.538. The molecule has 2 fully saturated rings. The predicted octanol–water partition coefficient (Wildman–Crippen LogP) is 3.79. The van der Waals surface area contributed by atoms with E-state index in [0.29, 0.717) is 11.8 Å². The molecule has 1 saturated heterocycles. The highest BCUT2D eigenvalue weighted by Crippen LogP contribution is 2.30. The third-order valence-electron chi connectivity index (χ3n) is 4.91. The van der Waals surface area contributed by atoms with E-state index in [4.69, 9.17) is 0 Å². The summed E-state index contributed by atoms with van der Waals surface area (Å²) in [6.07, 6.45) is 13.6. The second-order valence-electron chi connectivity index (χ2n) is 6.35. The molecule has 0 bridgehead atoms. The van der Waals surface area contributed by atoms with Crippen molar-refractivity contribution in [2.75, 3.05) is 13.6 Å². The number of ketones is 1. The molecule has 1 aliphatic carbocycles. The van der Waals surface area contributed by atoms with Crippen molar-refractivity contribution in [2.24, 2.45) is 5.92 Å². The third-order valence-corrected chi connectivity index (χ3v) is 4.91. The molecule has 1 unspecified atom stereocenters. The molecule has 2 nitrogen and oxygen atoms in total. The molecule has 0 radical (unpaired) electrons. The van der Waals surface area contributed by atoms with Crippen LogP contribution in [0.1, 0.15) is 70.6 Å². The molecule has 1 heterocycles. The first-order valence-corrected chi connectivity index (χ1v) is 7.99. The van der Waals surface area contributed by atoms with E-state index >= 15 is 0 Å². The Kier molecular flexibility index (Phi) is 5.68. The first-order valence-electron chi connectivity index (χ1n) is 7.99. The van der Waals surface area contributed by atoms with Gasteiger partial charge < -0.3 is 4.90 Å². The van der Waals surface area contributed by atoms with Gasteiger partial charge in [0, 0.05) is 18.9 Å². The Hall–Kier alpha value is -0.370. The standard InChI is InChI=1S/C16H29NO/c1-17-12-8-7-11-15(18)13-16(17)14-9-5-3-2-4-6-10-14/h14,16H,2-13H2,1H3. The van der Waals surface area contributed by atoms with E-state index in [1.54, 1.807) is 0 Å². The highest BCUT2D eigenvalue weighted by molar-refractivity contribution is 5.79. The van der Waals surface area contributed by atoms with Gasteiger partial charge in [-0.2, -0.15) is 0 Å². The Balaban J connectivity index is 1.98. The van der Waals surface area contributed by atoms with Crippen LogP contribution >= 0.6 is 0 Å². The number of likely N-dealkylation sites (tertiary alicyclic amines) is 1. The molecule has 0 aromatic heterocycles. The van der Waals surface area contributed by atoms with Crippen LogP contribution in [0.2, 0.25) is 0 Å². The molecule has 1 saturated carbocycles. The molecular weight excluding hydrogens is 222 g/mol. The third kappa shape index (κ3) is 4.08. The normalized spacial score (nSPS) is 30.3. The zero-order valence-electron chi connectivity index (χ0n) is 12.0. The molecule has 0 amide bonds. The Morgan fingerprint density at radius 3 is 2.33 bits per heavy atom. The number of hydrogen-bond donors (Lipinski definition) is 0. The summed E-state index contributed by atoms with van der Waals surface area (Å²) < 4.78 is 0. The van der Waals surface area contributed by atoms with Crippen LogP contribution in [0.4, 0.5) is 0 Å². The number of hydrogen-bond acceptors (Lipinski definition) is 2. The lowest BCUT2D eigenvalue weighted by Crippen LogP contribution is -2.41. The highest BCUT2D eigenvalue weighted by atomic mass is 16.1. The minimum Gasteiger partial charge on any atom is -0.303 e. The Labute approximate surface area is 112 Å². The number of Topliss-reactive ketones (excluding diaryl/α,β-unsaturated/α-hetero) is 1. The Morgan fingerprint density at radius 2 is 1.61 bits per heavy atom. The van der Waals surface area contributed by atoms with E-state index in [2.05, 4.69) is 11.9 Å². The highest BCUT2D eigenvalue weighted by Gasteiger charge is 2.28. The summed E-state index contributed by atoms with van der Waals surface area (Å²) in [4.78, 5) is 14.5. The molecule has 2 aliphatic rings. The summed E-state index contributed by atoms with van der Waals surface area (Å²) in [5.41, 5.74) is 0. The van der Waals surface area contributed by atoms with Gasteiger partial charge in [0.2, 0.25) is 0 Å². The van der Waals surface area contributed by atoms with Crippen molar-refractivity contribution in [3.63, 3.8) is 0 Å². The van der Waals surface area contributed by atoms with Crippen molar-refractivity contribution in [2.45, 2.75) is 76.7 Å². The monoisotopic (exact) mass is 251 g/mol. The molecule has 0 aromatic rings. The summed E-state index contributed by atoms with van der Waals surface area (Å²) >= 11 is 0. The molecular formula is C16H29NO. The fourth-order valence-electron chi connectivity index (χ4n) is 3.74. The second kappa shape index (κ2) is 7.28. The van der Waals surface area contributed by atoms with E-state index < -0.39 is 0 Å². The van der Waals surface area contributed by atoms with Gasteiger partial charge in [0.05, 0.1) is 0 Å². The van der Waals surface area contributed by atoms with Gasteiger partial charge in [0.15, 0.2) is 0 Å². The van der Waals surface area contributed by atoms with E-state index in [1.807, 2.05) is 0 Å². The lowest BCUT2D eigenvalue weighted by Gasteiger charge is -2.36. The van der Waals surface area contributed by atoms with Crippen molar-refractivity contribution in [3.05, 3.63) is 0 Å². The zero-order valence-corrected chi connectivity index (χ0v) is 12.0. The quantitative estimate of drug-likeness (QED) is 0.706. The van der Waals surface area contributed by atoms with Gasteiger partial charge in [-0.15, -0.1) is 0 Å². The summed E-state index contributed by atoms with van der Waals surface area (Å²) in [6.45, 7) is 1.19.